The van der Waals surface area contributed by atoms with Gasteiger partial charge in [0, 0.05) is 37.0 Å². The number of hydrogen-bond donors (Lipinski definition) is 1. The first-order valence-corrected chi connectivity index (χ1v) is 11.3. The molecule has 1 aromatic heterocycles. The Morgan fingerprint density at radius 1 is 1.00 bits per heavy atom. The summed E-state index contributed by atoms with van der Waals surface area (Å²) in [6.45, 7) is 2.18. The Kier molecular flexibility index (Phi) is 6.60. The van der Waals surface area contributed by atoms with Crippen LogP contribution in [-0.4, -0.2) is 15.6 Å². The van der Waals surface area contributed by atoms with Gasteiger partial charge in [-0.2, -0.15) is 0 Å². The Balaban J connectivity index is 1.78. The second-order valence-electron chi connectivity index (χ2n) is 7.18. The second kappa shape index (κ2) is 9.41. The van der Waals surface area contributed by atoms with Gasteiger partial charge in [0.25, 0.3) is 0 Å². The topological polar surface area (TPSA) is 51.5 Å². The van der Waals surface area contributed by atoms with E-state index in [0.29, 0.717) is 21.4 Å². The van der Waals surface area contributed by atoms with Crippen LogP contribution in [0.1, 0.15) is 21.6 Å². The van der Waals surface area contributed by atoms with Crippen molar-refractivity contribution < 1.29 is 14.6 Å². The zero-order valence-electron chi connectivity index (χ0n) is 17.0. The highest BCUT2D eigenvalue weighted by molar-refractivity contribution is 9.10. The van der Waals surface area contributed by atoms with Crippen LogP contribution >= 0.6 is 39.1 Å². The molecule has 0 saturated carbocycles. The summed E-state index contributed by atoms with van der Waals surface area (Å²) in [4.78, 5) is 11.5. The fourth-order valence-corrected chi connectivity index (χ4v) is 4.39. The molecule has 4 aromatic rings. The molecule has 32 heavy (non-hydrogen) atoms. The van der Waals surface area contributed by atoms with Crippen molar-refractivity contribution in [3.8, 4) is 22.7 Å². The molecule has 7 heteroatoms. The normalized spacial score (nSPS) is 10.9. The Morgan fingerprint density at radius 3 is 2.44 bits per heavy atom. The van der Waals surface area contributed by atoms with Crippen LogP contribution in [0.25, 0.3) is 16.9 Å². The number of nitrogens with zero attached hydrogens (tertiary/aromatic N) is 1. The summed E-state index contributed by atoms with van der Waals surface area (Å²) in [7, 11) is 0. The Bertz CT molecular complexity index is 1300. The van der Waals surface area contributed by atoms with Gasteiger partial charge in [0.1, 0.15) is 12.4 Å². The standard InChI is InChI=1S/C25H18BrCl2NO3/c1-15-8-10-23(29(15)18-5-2-4-16(12-18)25(30)31)19-13-17(26)9-11-24(19)32-14-20-21(27)6-3-7-22(20)28/h2-13H,14H2,1H3,(H,30,31). The number of carbonyl (C=O) groups is 1. The van der Waals surface area contributed by atoms with Crippen molar-refractivity contribution in [2.45, 2.75) is 13.5 Å². The first kappa shape index (κ1) is 22.5. The molecule has 4 rings (SSSR count). The number of ether oxygens (including phenoxy) is 1. The number of carboxylic acid groups (broad SMARTS) is 1. The minimum Gasteiger partial charge on any atom is -0.488 e. The Hall–Kier alpha value is -2.73. The van der Waals surface area contributed by atoms with E-state index in [-0.39, 0.29) is 12.2 Å². The van der Waals surface area contributed by atoms with Crippen molar-refractivity contribution in [3.05, 3.63) is 104 Å². The summed E-state index contributed by atoms with van der Waals surface area (Å²) >= 11 is 16.2. The van der Waals surface area contributed by atoms with Crippen LogP contribution in [0.2, 0.25) is 10.0 Å². The highest BCUT2D eigenvalue weighted by Gasteiger charge is 2.17. The molecular formula is C25H18BrCl2NO3. The van der Waals surface area contributed by atoms with Crippen LogP contribution in [0.5, 0.6) is 5.75 Å². The van der Waals surface area contributed by atoms with Crippen molar-refractivity contribution in [1.29, 1.82) is 0 Å². The quantitative estimate of drug-likeness (QED) is 0.276. The summed E-state index contributed by atoms with van der Waals surface area (Å²) in [5, 5.41) is 10.5. The fraction of sp³-hybridized carbons (Fsp3) is 0.0800. The van der Waals surface area contributed by atoms with E-state index < -0.39 is 5.97 Å². The van der Waals surface area contributed by atoms with Crippen LogP contribution in [0.3, 0.4) is 0 Å². The maximum absolute atomic E-state index is 11.5. The largest absolute Gasteiger partial charge is 0.488 e. The molecule has 4 nitrogen and oxygen atoms in total. The first-order chi connectivity index (χ1) is 15.3. The summed E-state index contributed by atoms with van der Waals surface area (Å²) in [6.07, 6.45) is 0. The van der Waals surface area contributed by atoms with E-state index in [0.717, 1.165) is 27.1 Å². The van der Waals surface area contributed by atoms with E-state index in [1.165, 1.54) is 0 Å². The van der Waals surface area contributed by atoms with Crippen LogP contribution in [-0.2, 0) is 6.61 Å². The van der Waals surface area contributed by atoms with Gasteiger partial charge in [-0.05, 0) is 67.6 Å². The number of carboxylic acids is 1. The monoisotopic (exact) mass is 529 g/mol. The van der Waals surface area contributed by atoms with Crippen molar-refractivity contribution >= 4 is 45.1 Å². The summed E-state index contributed by atoms with van der Waals surface area (Å²) < 4.78 is 9.05. The Labute approximate surface area is 204 Å². The first-order valence-electron chi connectivity index (χ1n) is 9.73. The third kappa shape index (κ3) is 4.56. The van der Waals surface area contributed by atoms with Crippen LogP contribution in [0, 0.1) is 6.92 Å². The number of halogens is 3. The zero-order chi connectivity index (χ0) is 22.8. The van der Waals surface area contributed by atoms with Gasteiger partial charge in [-0.3, -0.25) is 0 Å². The second-order valence-corrected chi connectivity index (χ2v) is 8.91. The number of rotatable bonds is 6. The maximum atomic E-state index is 11.5. The van der Waals surface area contributed by atoms with Crippen LogP contribution < -0.4 is 4.74 Å². The molecule has 0 bridgehead atoms. The summed E-state index contributed by atoms with van der Waals surface area (Å²) in [6, 6.07) is 21.9. The molecule has 0 fully saturated rings. The van der Waals surface area contributed by atoms with E-state index in [9.17, 15) is 9.90 Å². The van der Waals surface area contributed by atoms with E-state index in [2.05, 4.69) is 15.9 Å². The SMILES string of the molecule is Cc1ccc(-c2cc(Br)ccc2OCc2c(Cl)cccc2Cl)n1-c1cccc(C(=O)O)c1. The molecule has 0 atom stereocenters. The van der Waals surface area contributed by atoms with Gasteiger partial charge in [-0.15, -0.1) is 0 Å². The van der Waals surface area contributed by atoms with Gasteiger partial charge in [-0.25, -0.2) is 4.79 Å². The minimum absolute atomic E-state index is 0.210. The fourth-order valence-electron chi connectivity index (χ4n) is 3.52. The number of aryl methyl sites for hydroxylation is 1. The summed E-state index contributed by atoms with van der Waals surface area (Å²) in [5.41, 5.74) is 4.36. The molecule has 3 aromatic carbocycles. The molecule has 0 spiro atoms. The molecule has 162 valence electrons. The number of hydrogen-bond acceptors (Lipinski definition) is 2. The smallest absolute Gasteiger partial charge is 0.335 e. The lowest BCUT2D eigenvalue weighted by Crippen LogP contribution is -2.04. The highest BCUT2D eigenvalue weighted by Crippen LogP contribution is 2.37. The predicted octanol–water partition coefficient (Wildman–Crippen LogP) is 7.80. The van der Waals surface area contributed by atoms with Gasteiger partial charge >= 0.3 is 5.97 Å². The van der Waals surface area contributed by atoms with Crippen molar-refractivity contribution in [3.63, 3.8) is 0 Å². The molecule has 1 N–H and O–H groups in total. The van der Waals surface area contributed by atoms with Crippen molar-refractivity contribution in [2.24, 2.45) is 0 Å². The van der Waals surface area contributed by atoms with Crippen LogP contribution in [0.4, 0.5) is 0 Å². The Morgan fingerprint density at radius 2 is 1.72 bits per heavy atom. The maximum Gasteiger partial charge on any atom is 0.335 e. The van der Waals surface area contributed by atoms with Crippen LogP contribution in [0.15, 0.2) is 77.3 Å². The van der Waals surface area contributed by atoms with Crippen molar-refractivity contribution in [2.75, 3.05) is 0 Å². The van der Waals surface area contributed by atoms with E-state index in [4.69, 9.17) is 27.9 Å². The molecule has 0 aliphatic carbocycles. The average Bonchev–Trinajstić information content (AvgIpc) is 3.15. The predicted molar refractivity (Wildman–Crippen MR) is 131 cm³/mol. The molecule has 0 saturated heterocycles. The van der Waals surface area contributed by atoms with E-state index in [1.54, 1.807) is 36.4 Å². The van der Waals surface area contributed by atoms with Gasteiger partial charge in [0.15, 0.2) is 0 Å². The molecule has 0 unspecified atom stereocenters. The third-order valence-corrected chi connectivity index (χ3v) is 6.28. The lowest BCUT2D eigenvalue weighted by Gasteiger charge is -2.17. The van der Waals surface area contributed by atoms with E-state index >= 15 is 0 Å². The third-order valence-electron chi connectivity index (χ3n) is 5.08. The van der Waals surface area contributed by atoms with Gasteiger partial charge in [-0.1, -0.05) is 51.3 Å². The van der Waals surface area contributed by atoms with E-state index in [1.807, 2.05) is 47.9 Å². The molecular weight excluding hydrogens is 513 g/mol. The zero-order valence-corrected chi connectivity index (χ0v) is 20.1. The number of benzene rings is 3. The number of aromatic carboxylic acids is 1. The molecule has 0 radical (unpaired) electrons. The lowest BCUT2D eigenvalue weighted by atomic mass is 10.1. The molecule has 0 aliphatic heterocycles. The summed E-state index contributed by atoms with van der Waals surface area (Å²) in [5.74, 6) is -0.320. The highest BCUT2D eigenvalue weighted by atomic mass is 79.9. The van der Waals surface area contributed by atoms with Crippen molar-refractivity contribution in [1.82, 2.24) is 4.57 Å². The van der Waals surface area contributed by atoms with Gasteiger partial charge < -0.3 is 14.4 Å². The van der Waals surface area contributed by atoms with Gasteiger partial charge in [0.2, 0.25) is 0 Å². The minimum atomic E-state index is -0.971. The lowest BCUT2D eigenvalue weighted by molar-refractivity contribution is 0.0697. The van der Waals surface area contributed by atoms with Gasteiger partial charge in [0.05, 0.1) is 11.3 Å². The molecule has 0 amide bonds. The average molecular weight is 531 g/mol. The molecule has 1 heterocycles. The number of aromatic nitrogens is 1. The molecule has 0 aliphatic rings.